The van der Waals surface area contributed by atoms with Crippen molar-refractivity contribution in [3.63, 3.8) is 0 Å². The van der Waals surface area contributed by atoms with E-state index in [9.17, 15) is 9.59 Å². The number of aryl methyl sites for hydroxylation is 2. The van der Waals surface area contributed by atoms with Crippen LogP contribution in [0, 0.1) is 13.8 Å². The molecule has 0 fully saturated rings. The van der Waals surface area contributed by atoms with E-state index >= 15 is 0 Å². The molecule has 0 saturated carbocycles. The van der Waals surface area contributed by atoms with E-state index in [0.29, 0.717) is 16.2 Å². The largest absolute Gasteiger partial charge is 0.451 e. The van der Waals surface area contributed by atoms with Gasteiger partial charge in [-0.05, 0) is 50.8 Å². The van der Waals surface area contributed by atoms with E-state index in [-0.39, 0.29) is 5.78 Å². The maximum atomic E-state index is 12.5. The summed E-state index contributed by atoms with van der Waals surface area (Å²) in [5.41, 5.74) is 2.83. The van der Waals surface area contributed by atoms with Crippen LogP contribution in [0.1, 0.15) is 38.8 Å². The molecular formula is C18H19NO3S. The van der Waals surface area contributed by atoms with E-state index in [4.69, 9.17) is 4.74 Å². The highest BCUT2D eigenvalue weighted by molar-refractivity contribution is 7.98. The minimum Gasteiger partial charge on any atom is -0.451 e. The molecule has 0 aliphatic carbocycles. The fraction of sp³-hybridized carbons (Fsp3) is 0.278. The number of hydrogen-bond donors (Lipinski definition) is 0. The molecule has 0 aliphatic heterocycles. The van der Waals surface area contributed by atoms with E-state index in [1.54, 1.807) is 25.3 Å². The highest BCUT2D eigenvalue weighted by Gasteiger charge is 2.23. The number of pyridine rings is 1. The Balaban J connectivity index is 2.18. The number of ether oxygens (including phenoxy) is 1. The Kier molecular flexibility index (Phi) is 5.55. The molecule has 0 amide bonds. The highest BCUT2D eigenvalue weighted by atomic mass is 32.2. The molecule has 1 unspecified atom stereocenters. The van der Waals surface area contributed by atoms with Crippen LogP contribution in [-0.4, -0.2) is 29.1 Å². The zero-order valence-corrected chi connectivity index (χ0v) is 14.4. The molecule has 1 atom stereocenters. The van der Waals surface area contributed by atoms with Crippen molar-refractivity contribution in [2.45, 2.75) is 31.9 Å². The lowest BCUT2D eigenvalue weighted by atomic mass is 9.99. The van der Waals surface area contributed by atoms with Crippen LogP contribution in [0.4, 0.5) is 0 Å². The normalized spacial score (nSPS) is 11.8. The Hall–Kier alpha value is -2.14. The van der Waals surface area contributed by atoms with Gasteiger partial charge in [0.2, 0.25) is 5.78 Å². The number of benzene rings is 1. The summed E-state index contributed by atoms with van der Waals surface area (Å²) in [6.07, 6.45) is 2.61. The van der Waals surface area contributed by atoms with Crippen molar-refractivity contribution in [2.24, 2.45) is 0 Å². The van der Waals surface area contributed by atoms with Crippen LogP contribution >= 0.6 is 11.8 Å². The van der Waals surface area contributed by atoms with E-state index < -0.39 is 12.1 Å². The Labute approximate surface area is 140 Å². The van der Waals surface area contributed by atoms with Crippen molar-refractivity contribution in [3.05, 3.63) is 58.8 Å². The van der Waals surface area contributed by atoms with Gasteiger partial charge in [-0.1, -0.05) is 17.7 Å². The van der Waals surface area contributed by atoms with Crippen molar-refractivity contribution in [3.8, 4) is 0 Å². The average molecular weight is 329 g/mol. The maximum absolute atomic E-state index is 12.5. The maximum Gasteiger partial charge on any atom is 0.341 e. The van der Waals surface area contributed by atoms with Gasteiger partial charge in [0.25, 0.3) is 0 Å². The standard InChI is InChI=1S/C18H19NO3S/c1-11-7-8-12(2)15(10-11)16(20)13(3)22-18(21)14-6-5-9-19-17(14)23-4/h5-10,13H,1-4H3. The average Bonchev–Trinajstić information content (AvgIpc) is 2.56. The van der Waals surface area contributed by atoms with Crippen molar-refractivity contribution >= 4 is 23.5 Å². The topological polar surface area (TPSA) is 56.3 Å². The smallest absolute Gasteiger partial charge is 0.341 e. The molecule has 4 nitrogen and oxygen atoms in total. The van der Waals surface area contributed by atoms with Gasteiger partial charge in [0.1, 0.15) is 5.03 Å². The molecular weight excluding hydrogens is 310 g/mol. The number of carbonyl (C=O) groups is 2. The van der Waals surface area contributed by atoms with Crippen molar-refractivity contribution in [1.82, 2.24) is 4.98 Å². The van der Waals surface area contributed by atoms with Crippen molar-refractivity contribution in [1.29, 1.82) is 0 Å². The van der Waals surface area contributed by atoms with Crippen LogP contribution in [0.15, 0.2) is 41.6 Å². The molecule has 0 radical (unpaired) electrons. The lowest BCUT2D eigenvalue weighted by Crippen LogP contribution is -2.25. The molecule has 120 valence electrons. The lowest BCUT2D eigenvalue weighted by molar-refractivity contribution is 0.0314. The second-order valence-corrected chi connectivity index (χ2v) is 6.09. The van der Waals surface area contributed by atoms with E-state index in [0.717, 1.165) is 11.1 Å². The van der Waals surface area contributed by atoms with E-state index in [1.165, 1.54) is 11.8 Å². The first-order valence-corrected chi connectivity index (χ1v) is 8.48. The van der Waals surface area contributed by atoms with Crippen LogP contribution in [0.25, 0.3) is 0 Å². The molecule has 5 heteroatoms. The predicted molar refractivity (Wildman–Crippen MR) is 91.1 cm³/mol. The lowest BCUT2D eigenvalue weighted by Gasteiger charge is -2.15. The summed E-state index contributed by atoms with van der Waals surface area (Å²) in [6.45, 7) is 5.39. The fourth-order valence-electron chi connectivity index (χ4n) is 2.21. The molecule has 0 spiro atoms. The van der Waals surface area contributed by atoms with Gasteiger partial charge in [0.05, 0.1) is 5.56 Å². The molecule has 1 aromatic heterocycles. The number of thioether (sulfide) groups is 1. The molecule has 1 heterocycles. The van der Waals surface area contributed by atoms with Crippen LogP contribution in [0.3, 0.4) is 0 Å². The molecule has 0 aliphatic rings. The molecule has 23 heavy (non-hydrogen) atoms. The third kappa shape index (κ3) is 3.99. The number of ketones is 1. The first-order chi connectivity index (χ1) is 10.9. The SMILES string of the molecule is CSc1ncccc1C(=O)OC(C)C(=O)c1cc(C)ccc1C. The summed E-state index contributed by atoms with van der Waals surface area (Å²) in [5.74, 6) is -0.734. The highest BCUT2D eigenvalue weighted by Crippen LogP contribution is 2.20. The van der Waals surface area contributed by atoms with Crippen LogP contribution in [0.5, 0.6) is 0 Å². The van der Waals surface area contributed by atoms with Gasteiger partial charge in [-0.2, -0.15) is 0 Å². The number of nitrogens with zero attached hydrogens (tertiary/aromatic N) is 1. The number of rotatable bonds is 5. The Morgan fingerprint density at radius 3 is 2.61 bits per heavy atom. The number of aromatic nitrogens is 1. The fourth-order valence-corrected chi connectivity index (χ4v) is 2.74. The van der Waals surface area contributed by atoms with Gasteiger partial charge >= 0.3 is 5.97 Å². The van der Waals surface area contributed by atoms with Gasteiger partial charge in [-0.25, -0.2) is 9.78 Å². The number of carbonyl (C=O) groups excluding carboxylic acids is 2. The number of Topliss-reactive ketones (excluding diaryl/α,β-unsaturated/α-hetero) is 1. The molecule has 2 rings (SSSR count). The summed E-state index contributed by atoms with van der Waals surface area (Å²) in [5, 5.41) is 0.587. The third-order valence-electron chi connectivity index (χ3n) is 3.50. The second-order valence-electron chi connectivity index (χ2n) is 5.29. The van der Waals surface area contributed by atoms with E-state index in [2.05, 4.69) is 4.98 Å². The minimum atomic E-state index is -0.849. The van der Waals surface area contributed by atoms with Gasteiger partial charge in [-0.3, -0.25) is 4.79 Å². The zero-order chi connectivity index (χ0) is 17.0. The first-order valence-electron chi connectivity index (χ1n) is 7.25. The van der Waals surface area contributed by atoms with E-state index in [1.807, 2.05) is 38.3 Å². The van der Waals surface area contributed by atoms with Crippen LogP contribution in [0.2, 0.25) is 0 Å². The summed E-state index contributed by atoms with van der Waals surface area (Å²) in [7, 11) is 0. The quantitative estimate of drug-likeness (QED) is 0.474. The van der Waals surface area contributed by atoms with Crippen molar-refractivity contribution in [2.75, 3.05) is 6.26 Å². The van der Waals surface area contributed by atoms with Crippen molar-refractivity contribution < 1.29 is 14.3 Å². The summed E-state index contributed by atoms with van der Waals surface area (Å²) in [6, 6.07) is 8.98. The summed E-state index contributed by atoms with van der Waals surface area (Å²) in [4.78, 5) is 29.0. The number of hydrogen-bond acceptors (Lipinski definition) is 5. The molecule has 0 N–H and O–H groups in total. The molecule has 2 aromatic rings. The van der Waals surface area contributed by atoms with Gasteiger partial charge in [0, 0.05) is 11.8 Å². The molecule has 1 aromatic carbocycles. The predicted octanol–water partition coefficient (Wildman–Crippen LogP) is 3.85. The third-order valence-corrected chi connectivity index (χ3v) is 4.21. The Morgan fingerprint density at radius 1 is 1.17 bits per heavy atom. The summed E-state index contributed by atoms with van der Waals surface area (Å²) < 4.78 is 5.35. The second kappa shape index (κ2) is 7.42. The Morgan fingerprint density at radius 2 is 1.91 bits per heavy atom. The molecule has 0 saturated heterocycles. The summed E-state index contributed by atoms with van der Waals surface area (Å²) >= 11 is 1.36. The first kappa shape index (κ1) is 17.2. The van der Waals surface area contributed by atoms with Gasteiger partial charge in [-0.15, -0.1) is 11.8 Å². The monoisotopic (exact) mass is 329 g/mol. The Bertz CT molecular complexity index is 743. The van der Waals surface area contributed by atoms with Crippen LogP contribution in [-0.2, 0) is 4.74 Å². The van der Waals surface area contributed by atoms with Gasteiger partial charge in [0.15, 0.2) is 6.10 Å². The zero-order valence-electron chi connectivity index (χ0n) is 13.6. The van der Waals surface area contributed by atoms with Crippen LogP contribution < -0.4 is 0 Å². The molecule has 0 bridgehead atoms. The number of esters is 1. The minimum absolute atomic E-state index is 0.200. The van der Waals surface area contributed by atoms with Gasteiger partial charge < -0.3 is 4.74 Å².